The van der Waals surface area contributed by atoms with E-state index in [0.29, 0.717) is 18.5 Å². The average molecular weight is 273 g/mol. The topological polar surface area (TPSA) is 78.4 Å². The first-order valence-electron chi connectivity index (χ1n) is 7.04. The van der Waals surface area contributed by atoms with Gasteiger partial charge in [0.2, 0.25) is 5.91 Å². The number of amides is 1. The van der Waals surface area contributed by atoms with Crippen LogP contribution in [0.3, 0.4) is 0 Å². The number of carbonyl (C=O) groups excluding carboxylic acids is 1. The molecule has 1 amide bonds. The third kappa shape index (κ3) is 3.54. The van der Waals surface area contributed by atoms with Crippen molar-refractivity contribution >= 4 is 28.9 Å². The van der Waals surface area contributed by atoms with Gasteiger partial charge in [0.25, 0.3) is 0 Å². The summed E-state index contributed by atoms with van der Waals surface area (Å²) in [5, 5.41) is 15.8. The number of aromatic carboxylic acids is 1. The maximum Gasteiger partial charge on any atom is 0.348 e. The van der Waals surface area contributed by atoms with Crippen molar-refractivity contribution < 1.29 is 18.8 Å². The molecule has 1 atom stereocenters. The van der Waals surface area contributed by atoms with Crippen LogP contribution in [-0.4, -0.2) is 29.6 Å². The van der Waals surface area contributed by atoms with Crippen LogP contribution in [0.1, 0.15) is 39.5 Å². The van der Waals surface area contributed by atoms with Crippen molar-refractivity contribution in [3.05, 3.63) is 15.8 Å². The van der Waals surface area contributed by atoms with Crippen LogP contribution >= 0.6 is 11.3 Å². The largest absolute Gasteiger partial charge is 0.477 e. The minimum atomic E-state index is -2.51. The first-order chi connectivity index (χ1) is 9.68. The molecule has 0 aliphatic rings. The molecule has 0 spiro atoms. The molecular weight excluding hydrogens is 252 g/mol. The van der Waals surface area contributed by atoms with Gasteiger partial charge in [0.05, 0.1) is 11.7 Å². The average Bonchev–Trinajstić information content (AvgIpc) is 2.70. The van der Waals surface area contributed by atoms with Crippen LogP contribution in [-0.2, 0) is 4.79 Å². The Morgan fingerprint density at radius 1 is 1.61 bits per heavy atom. The quantitative estimate of drug-likeness (QED) is 0.741. The van der Waals surface area contributed by atoms with E-state index < -0.39 is 24.8 Å². The third-order valence-electron chi connectivity index (χ3n) is 2.28. The van der Waals surface area contributed by atoms with E-state index in [-0.39, 0.29) is 10.6 Å². The highest BCUT2D eigenvalue weighted by Crippen LogP contribution is 2.27. The van der Waals surface area contributed by atoms with Crippen molar-refractivity contribution in [2.45, 2.75) is 33.2 Å². The second kappa shape index (κ2) is 6.51. The number of hydrogen-bond acceptors (Lipinski definition) is 4. The van der Waals surface area contributed by atoms with E-state index >= 15 is 0 Å². The van der Waals surface area contributed by atoms with E-state index in [1.54, 1.807) is 12.3 Å². The number of rotatable bonds is 6. The number of thiophene rings is 1. The third-order valence-corrected chi connectivity index (χ3v) is 3.36. The van der Waals surface area contributed by atoms with Gasteiger partial charge in [0, 0.05) is 4.11 Å². The van der Waals surface area contributed by atoms with Crippen molar-refractivity contribution in [2.24, 2.45) is 0 Å². The second-order valence-electron chi connectivity index (χ2n) is 3.80. The lowest BCUT2D eigenvalue weighted by Gasteiger charge is -2.13. The monoisotopic (exact) mass is 273 g/mol. The number of hydrogen-bond donors (Lipinski definition) is 3. The van der Waals surface area contributed by atoms with Gasteiger partial charge in [-0.15, -0.1) is 11.3 Å². The number of anilines is 1. The van der Waals surface area contributed by atoms with Crippen LogP contribution in [0.4, 0.5) is 5.69 Å². The predicted molar refractivity (Wildman–Crippen MR) is 72.4 cm³/mol. The summed E-state index contributed by atoms with van der Waals surface area (Å²) in [5.74, 6) is -1.91. The summed E-state index contributed by atoms with van der Waals surface area (Å²) in [4.78, 5) is 23.2. The number of carbonyl (C=O) groups is 2. The highest BCUT2D eigenvalue weighted by molar-refractivity contribution is 7.12. The molecule has 1 unspecified atom stereocenters. The number of carboxylic acid groups (broad SMARTS) is 1. The van der Waals surface area contributed by atoms with Crippen molar-refractivity contribution in [2.75, 3.05) is 11.9 Å². The first kappa shape index (κ1) is 10.5. The van der Waals surface area contributed by atoms with Gasteiger partial charge in [-0.2, -0.15) is 0 Å². The molecule has 0 saturated heterocycles. The zero-order valence-corrected chi connectivity index (χ0v) is 11.1. The summed E-state index contributed by atoms with van der Waals surface area (Å²) in [7, 11) is 0. The molecule has 1 aromatic rings. The smallest absolute Gasteiger partial charge is 0.348 e. The van der Waals surface area contributed by atoms with Gasteiger partial charge >= 0.3 is 5.97 Å². The molecule has 0 radical (unpaired) electrons. The van der Waals surface area contributed by atoms with Gasteiger partial charge in [-0.1, -0.05) is 6.92 Å². The molecule has 0 aliphatic heterocycles. The van der Waals surface area contributed by atoms with Gasteiger partial charge in [0.1, 0.15) is 4.88 Å². The number of carboxylic acids is 1. The van der Waals surface area contributed by atoms with Crippen LogP contribution < -0.4 is 10.6 Å². The first-order valence-corrected chi connectivity index (χ1v) is 6.42. The molecule has 0 fully saturated rings. The fourth-order valence-electron chi connectivity index (χ4n) is 1.33. The van der Waals surface area contributed by atoms with Gasteiger partial charge < -0.3 is 15.7 Å². The van der Waals surface area contributed by atoms with E-state index in [1.165, 1.54) is 0 Å². The lowest BCUT2D eigenvalue weighted by Crippen LogP contribution is -2.38. The molecule has 6 heteroatoms. The van der Waals surface area contributed by atoms with Crippen molar-refractivity contribution in [1.29, 1.82) is 0 Å². The minimum absolute atomic E-state index is 0.0133. The Morgan fingerprint density at radius 3 is 2.89 bits per heavy atom. The Balaban J connectivity index is 2.97. The van der Waals surface area contributed by atoms with Gasteiger partial charge in [0.15, 0.2) is 0 Å². The normalized spacial score (nSPS) is 15.3. The molecule has 1 heterocycles. The van der Waals surface area contributed by atoms with E-state index in [4.69, 9.17) is 9.22 Å². The molecule has 0 saturated carbocycles. The van der Waals surface area contributed by atoms with Gasteiger partial charge in [-0.05, 0) is 37.7 Å². The highest BCUT2D eigenvalue weighted by Gasteiger charge is 2.19. The molecule has 0 aromatic carbocycles. The zero-order chi connectivity index (χ0) is 16.2. The predicted octanol–water partition coefficient (Wildman–Crippen LogP) is 2.08. The Hall–Kier alpha value is -1.40. The molecule has 100 valence electrons. The SMILES string of the molecule is [2H]C([2H])([2H])C(NCCC)C(=O)Nc1c(C)csc1C(=O)O. The lowest BCUT2D eigenvalue weighted by atomic mass is 10.2. The summed E-state index contributed by atoms with van der Waals surface area (Å²) < 4.78 is 22.2. The molecule has 3 N–H and O–H groups in total. The van der Waals surface area contributed by atoms with Crippen LogP contribution in [0.25, 0.3) is 0 Å². The summed E-state index contributed by atoms with van der Waals surface area (Å²) in [6, 6.07) is -1.38. The lowest BCUT2D eigenvalue weighted by molar-refractivity contribution is -0.117. The van der Waals surface area contributed by atoms with Crippen LogP contribution in [0, 0.1) is 6.92 Å². The molecule has 0 bridgehead atoms. The van der Waals surface area contributed by atoms with E-state index in [1.807, 2.05) is 6.92 Å². The summed E-state index contributed by atoms with van der Waals surface area (Å²) in [6.07, 6.45) is 0.678. The van der Waals surface area contributed by atoms with E-state index in [2.05, 4.69) is 10.6 Å². The van der Waals surface area contributed by atoms with Crippen LogP contribution in [0.5, 0.6) is 0 Å². The summed E-state index contributed by atoms with van der Waals surface area (Å²) in [6.45, 7) is 1.38. The Bertz CT molecular complexity index is 528. The molecule has 18 heavy (non-hydrogen) atoms. The maximum absolute atomic E-state index is 12.2. The highest BCUT2D eigenvalue weighted by atomic mass is 32.1. The Kier molecular flexibility index (Phi) is 3.80. The standard InChI is InChI=1S/C12H18N2O3S/c1-4-5-13-8(3)11(15)14-9-7(2)6-18-10(9)12(16)17/h6,8,13H,4-5H2,1-3H3,(H,14,15)(H,16,17)/i3D3. The second-order valence-corrected chi connectivity index (χ2v) is 4.68. The van der Waals surface area contributed by atoms with Crippen LogP contribution in [0.2, 0.25) is 0 Å². The van der Waals surface area contributed by atoms with Gasteiger partial charge in [-0.25, -0.2) is 4.79 Å². The summed E-state index contributed by atoms with van der Waals surface area (Å²) in [5.41, 5.74) is 0.746. The number of aryl methyl sites for hydroxylation is 1. The van der Waals surface area contributed by atoms with E-state index in [0.717, 1.165) is 11.3 Å². The fourth-order valence-corrected chi connectivity index (χ4v) is 2.18. The maximum atomic E-state index is 12.2. The minimum Gasteiger partial charge on any atom is -0.477 e. The Morgan fingerprint density at radius 2 is 2.33 bits per heavy atom. The van der Waals surface area contributed by atoms with Crippen LogP contribution in [0.15, 0.2) is 5.38 Å². The molecule has 5 nitrogen and oxygen atoms in total. The molecule has 1 aromatic heterocycles. The van der Waals surface area contributed by atoms with Gasteiger partial charge in [-0.3, -0.25) is 4.79 Å². The van der Waals surface area contributed by atoms with Crippen molar-refractivity contribution in [3.8, 4) is 0 Å². The summed E-state index contributed by atoms with van der Waals surface area (Å²) >= 11 is 0.988. The molecule has 0 aliphatic carbocycles. The fraction of sp³-hybridized carbons (Fsp3) is 0.500. The zero-order valence-electron chi connectivity index (χ0n) is 13.2. The number of nitrogens with one attached hydrogen (secondary N) is 2. The Labute approximate surface area is 114 Å². The molecular formula is C12H18N2O3S. The van der Waals surface area contributed by atoms with Crippen molar-refractivity contribution in [1.82, 2.24) is 5.32 Å². The molecule has 1 rings (SSSR count). The van der Waals surface area contributed by atoms with Crippen molar-refractivity contribution in [3.63, 3.8) is 0 Å². The van der Waals surface area contributed by atoms with E-state index in [9.17, 15) is 9.59 Å².